The van der Waals surface area contributed by atoms with Crippen molar-refractivity contribution in [1.29, 1.82) is 0 Å². The van der Waals surface area contributed by atoms with Crippen LogP contribution in [0.3, 0.4) is 0 Å². The van der Waals surface area contributed by atoms with Crippen molar-refractivity contribution in [2.24, 2.45) is 0 Å². The molecular formula is C18H15N3O5. The van der Waals surface area contributed by atoms with Gasteiger partial charge in [0, 0.05) is 11.5 Å². The molecule has 8 nitrogen and oxygen atoms in total. The highest BCUT2D eigenvalue weighted by atomic mass is 16.7. The average molecular weight is 353 g/mol. The molecule has 132 valence electrons. The monoisotopic (exact) mass is 353 g/mol. The summed E-state index contributed by atoms with van der Waals surface area (Å²) in [4.78, 5) is 8.56. The molecule has 2 aromatic carbocycles. The van der Waals surface area contributed by atoms with Crippen LogP contribution in [0, 0.1) is 0 Å². The number of fused-ring (bicyclic) bond motifs is 2. The van der Waals surface area contributed by atoms with Crippen LogP contribution in [0.2, 0.25) is 0 Å². The van der Waals surface area contributed by atoms with Gasteiger partial charge in [0.25, 0.3) is 0 Å². The third kappa shape index (κ3) is 2.70. The first-order chi connectivity index (χ1) is 12.8. The van der Waals surface area contributed by atoms with E-state index in [0.717, 1.165) is 5.69 Å². The Labute approximate surface area is 148 Å². The molecule has 1 fully saturated rings. The van der Waals surface area contributed by atoms with E-state index in [1.54, 1.807) is 12.1 Å². The molecule has 0 spiro atoms. The molecule has 26 heavy (non-hydrogen) atoms. The van der Waals surface area contributed by atoms with Crippen LogP contribution in [0.15, 0.2) is 36.7 Å². The van der Waals surface area contributed by atoms with Gasteiger partial charge in [-0.3, -0.25) is 0 Å². The Kier molecular flexibility index (Phi) is 3.42. The Balaban J connectivity index is 1.50. The molecule has 2 aliphatic rings. The van der Waals surface area contributed by atoms with E-state index in [4.69, 9.17) is 18.9 Å². The molecule has 5 rings (SSSR count). The third-order valence-corrected chi connectivity index (χ3v) is 4.19. The van der Waals surface area contributed by atoms with Crippen molar-refractivity contribution in [3.63, 3.8) is 0 Å². The second-order valence-corrected chi connectivity index (χ2v) is 5.99. The van der Waals surface area contributed by atoms with E-state index < -0.39 is 0 Å². The quantitative estimate of drug-likeness (QED) is 0.676. The molecule has 1 saturated heterocycles. The van der Waals surface area contributed by atoms with Crippen LogP contribution in [-0.4, -0.2) is 41.2 Å². The van der Waals surface area contributed by atoms with Crippen LogP contribution in [0.5, 0.6) is 23.0 Å². The summed E-state index contributed by atoms with van der Waals surface area (Å²) in [6, 6.07) is 8.85. The minimum atomic E-state index is 0.0221. The number of hydrogen-bond acceptors (Lipinski definition) is 8. The van der Waals surface area contributed by atoms with Crippen LogP contribution in [0.25, 0.3) is 10.9 Å². The predicted octanol–water partition coefficient (Wildman–Crippen LogP) is 2.59. The first-order valence-electron chi connectivity index (χ1n) is 8.16. The number of benzene rings is 2. The van der Waals surface area contributed by atoms with Crippen molar-refractivity contribution in [3.05, 3.63) is 36.7 Å². The zero-order chi connectivity index (χ0) is 17.5. The molecule has 0 aliphatic carbocycles. The smallest absolute Gasteiger partial charge is 0.231 e. The van der Waals surface area contributed by atoms with Crippen molar-refractivity contribution in [2.45, 2.75) is 6.10 Å². The highest BCUT2D eigenvalue weighted by Gasteiger charge is 2.24. The van der Waals surface area contributed by atoms with Crippen LogP contribution < -0.4 is 19.5 Å². The van der Waals surface area contributed by atoms with Crippen molar-refractivity contribution >= 4 is 22.4 Å². The van der Waals surface area contributed by atoms with Crippen molar-refractivity contribution < 1.29 is 24.1 Å². The van der Waals surface area contributed by atoms with Gasteiger partial charge in [-0.1, -0.05) is 6.07 Å². The van der Waals surface area contributed by atoms with Gasteiger partial charge >= 0.3 is 0 Å². The number of ether oxygens (including phenoxy) is 4. The summed E-state index contributed by atoms with van der Waals surface area (Å²) in [6.45, 7) is 1.28. The molecule has 3 aromatic rings. The number of phenolic OH excluding ortho intramolecular Hbond substituents is 1. The van der Waals surface area contributed by atoms with Gasteiger partial charge in [0.15, 0.2) is 23.0 Å². The molecule has 1 atom stereocenters. The van der Waals surface area contributed by atoms with Crippen LogP contribution in [-0.2, 0) is 4.74 Å². The van der Waals surface area contributed by atoms with E-state index in [9.17, 15) is 5.11 Å². The minimum Gasteiger partial charge on any atom is -0.504 e. The number of hydrogen-bond donors (Lipinski definition) is 2. The summed E-state index contributed by atoms with van der Waals surface area (Å²) in [5.41, 5.74) is 1.38. The summed E-state index contributed by atoms with van der Waals surface area (Å²) < 4.78 is 21.6. The van der Waals surface area contributed by atoms with Gasteiger partial charge < -0.3 is 29.4 Å². The zero-order valence-electron chi connectivity index (χ0n) is 13.6. The van der Waals surface area contributed by atoms with Gasteiger partial charge in [-0.15, -0.1) is 0 Å². The number of anilines is 2. The normalized spacial score (nSPS) is 17.3. The van der Waals surface area contributed by atoms with E-state index in [-0.39, 0.29) is 18.6 Å². The Morgan fingerprint density at radius 1 is 1.23 bits per heavy atom. The second-order valence-electron chi connectivity index (χ2n) is 5.99. The Hall–Kier alpha value is -3.26. The van der Waals surface area contributed by atoms with Crippen molar-refractivity contribution in [3.8, 4) is 23.0 Å². The number of phenols is 1. The van der Waals surface area contributed by atoms with E-state index in [0.29, 0.717) is 47.2 Å². The van der Waals surface area contributed by atoms with E-state index in [1.165, 1.54) is 6.33 Å². The van der Waals surface area contributed by atoms with E-state index >= 15 is 0 Å². The van der Waals surface area contributed by atoms with E-state index in [2.05, 4.69) is 15.3 Å². The maximum Gasteiger partial charge on any atom is 0.231 e. The van der Waals surface area contributed by atoms with Crippen LogP contribution in [0.4, 0.5) is 11.5 Å². The van der Waals surface area contributed by atoms with Crippen molar-refractivity contribution in [2.75, 3.05) is 25.3 Å². The fraction of sp³-hybridized carbons (Fsp3) is 0.222. The van der Waals surface area contributed by atoms with Crippen molar-refractivity contribution in [1.82, 2.24) is 9.97 Å². The SMILES string of the molecule is Oc1cc2c(Nc3cccc4c3OCO4)ncnc2cc1OCC1CO1. The molecule has 2 N–H and O–H groups in total. The lowest BCUT2D eigenvalue weighted by molar-refractivity contribution is 0.174. The highest BCUT2D eigenvalue weighted by molar-refractivity contribution is 5.93. The van der Waals surface area contributed by atoms with Crippen LogP contribution >= 0.6 is 0 Å². The predicted molar refractivity (Wildman–Crippen MR) is 92.3 cm³/mol. The fourth-order valence-electron chi connectivity index (χ4n) is 2.79. The Bertz CT molecular complexity index is 990. The largest absolute Gasteiger partial charge is 0.504 e. The minimum absolute atomic E-state index is 0.0221. The molecule has 0 radical (unpaired) electrons. The summed E-state index contributed by atoms with van der Waals surface area (Å²) in [6.07, 6.45) is 1.56. The number of rotatable bonds is 5. The molecule has 0 saturated carbocycles. The number of aromatic nitrogens is 2. The molecular weight excluding hydrogens is 338 g/mol. The summed E-state index contributed by atoms with van der Waals surface area (Å²) in [5, 5.41) is 14.2. The second kappa shape index (κ2) is 5.92. The molecule has 3 heterocycles. The summed E-state index contributed by atoms with van der Waals surface area (Å²) in [5.74, 6) is 2.25. The number of epoxide rings is 1. The summed E-state index contributed by atoms with van der Waals surface area (Å²) in [7, 11) is 0. The van der Waals surface area contributed by atoms with Gasteiger partial charge in [-0.2, -0.15) is 0 Å². The summed E-state index contributed by atoms with van der Waals surface area (Å²) >= 11 is 0. The zero-order valence-corrected chi connectivity index (χ0v) is 13.6. The molecule has 1 aromatic heterocycles. The lowest BCUT2D eigenvalue weighted by atomic mass is 10.2. The molecule has 0 bridgehead atoms. The van der Waals surface area contributed by atoms with Gasteiger partial charge in [0.1, 0.15) is 24.9 Å². The lowest BCUT2D eigenvalue weighted by Gasteiger charge is -2.12. The van der Waals surface area contributed by atoms with Gasteiger partial charge in [0.2, 0.25) is 6.79 Å². The first kappa shape index (κ1) is 15.0. The number of para-hydroxylation sites is 1. The van der Waals surface area contributed by atoms with Crippen LogP contribution in [0.1, 0.15) is 0 Å². The number of nitrogens with one attached hydrogen (secondary N) is 1. The molecule has 8 heteroatoms. The molecule has 0 amide bonds. The Morgan fingerprint density at radius 3 is 3.04 bits per heavy atom. The number of aromatic hydroxyl groups is 1. The van der Waals surface area contributed by atoms with E-state index in [1.807, 2.05) is 18.2 Å². The van der Waals surface area contributed by atoms with Gasteiger partial charge in [-0.05, 0) is 18.2 Å². The molecule has 2 aliphatic heterocycles. The first-order valence-corrected chi connectivity index (χ1v) is 8.16. The fourth-order valence-corrected chi connectivity index (χ4v) is 2.79. The maximum atomic E-state index is 10.3. The highest BCUT2D eigenvalue weighted by Crippen LogP contribution is 2.41. The lowest BCUT2D eigenvalue weighted by Crippen LogP contribution is -2.04. The van der Waals surface area contributed by atoms with Gasteiger partial charge in [0.05, 0.1) is 17.8 Å². The molecule has 1 unspecified atom stereocenters. The number of nitrogens with zero attached hydrogens (tertiary/aromatic N) is 2. The standard InChI is InChI=1S/C18H15N3O5/c22-14-4-11-13(5-16(14)24-7-10-6-23-10)19-8-20-18(11)21-12-2-1-3-15-17(12)26-9-25-15/h1-5,8,10,22H,6-7,9H2,(H,19,20,21). The van der Waals surface area contributed by atoms with Gasteiger partial charge in [-0.25, -0.2) is 9.97 Å². The average Bonchev–Trinajstić information content (AvgIpc) is 3.35. The third-order valence-electron chi connectivity index (χ3n) is 4.19. The topological polar surface area (TPSA) is 98.3 Å². The Morgan fingerprint density at radius 2 is 2.15 bits per heavy atom. The maximum absolute atomic E-state index is 10.3.